The van der Waals surface area contributed by atoms with E-state index < -0.39 is 0 Å². The van der Waals surface area contributed by atoms with E-state index in [-0.39, 0.29) is 11.9 Å². The van der Waals surface area contributed by atoms with Crippen LogP contribution >= 0.6 is 11.8 Å². The predicted molar refractivity (Wildman–Crippen MR) is 97.9 cm³/mol. The number of nitrogens with one attached hydrogen (secondary N) is 2. The molecule has 0 saturated heterocycles. The number of aromatic amines is 1. The molecule has 0 bridgehead atoms. The fraction of sp³-hybridized carbons (Fsp3) is 0.444. The van der Waals surface area contributed by atoms with Gasteiger partial charge in [0.05, 0.1) is 29.3 Å². The molecule has 0 radical (unpaired) electrons. The number of hydrogen-bond acceptors (Lipinski definition) is 4. The van der Waals surface area contributed by atoms with E-state index in [1.165, 1.54) is 0 Å². The summed E-state index contributed by atoms with van der Waals surface area (Å²) in [5, 5.41) is 3.15. The normalized spacial score (nSPS) is 16.1. The maximum absolute atomic E-state index is 12.7. The third kappa shape index (κ3) is 3.75. The number of allylic oxidation sites excluding steroid dienone is 1. The van der Waals surface area contributed by atoms with Gasteiger partial charge in [0, 0.05) is 0 Å². The second kappa shape index (κ2) is 7.75. The standard InChI is InChI=1S/C18H23N3O2S/c1-12-13(6-5-10-23-12)18(22)21-16(9-11-24-2)17-19-14-7-3-4-8-15(14)20-17/h3-4,7-8,16H,5-6,9-11H2,1-2H3,(H,19,20)(H,21,22). The van der Waals surface area contributed by atoms with Crippen molar-refractivity contribution in [1.82, 2.24) is 15.3 Å². The van der Waals surface area contributed by atoms with Gasteiger partial charge in [0.25, 0.3) is 5.91 Å². The van der Waals surface area contributed by atoms with Crippen molar-refractivity contribution in [3.63, 3.8) is 0 Å². The van der Waals surface area contributed by atoms with Crippen molar-refractivity contribution in [2.75, 3.05) is 18.6 Å². The van der Waals surface area contributed by atoms with Crippen LogP contribution in [0.5, 0.6) is 0 Å². The summed E-state index contributed by atoms with van der Waals surface area (Å²) in [6.45, 7) is 2.56. The number of hydrogen-bond donors (Lipinski definition) is 2. The van der Waals surface area contributed by atoms with Crippen LogP contribution in [0.25, 0.3) is 11.0 Å². The minimum absolute atomic E-state index is 0.0428. The average Bonchev–Trinajstić information content (AvgIpc) is 3.02. The van der Waals surface area contributed by atoms with E-state index in [0.717, 1.165) is 53.2 Å². The van der Waals surface area contributed by atoms with Crippen molar-refractivity contribution in [1.29, 1.82) is 0 Å². The van der Waals surface area contributed by atoms with Crippen LogP contribution in [0.4, 0.5) is 0 Å². The Morgan fingerprint density at radius 1 is 1.46 bits per heavy atom. The summed E-state index contributed by atoms with van der Waals surface area (Å²) in [6.07, 6.45) is 4.56. The van der Waals surface area contributed by atoms with Crippen LogP contribution in [0.3, 0.4) is 0 Å². The minimum Gasteiger partial charge on any atom is -0.498 e. The summed E-state index contributed by atoms with van der Waals surface area (Å²) in [5.74, 6) is 2.47. The van der Waals surface area contributed by atoms with Crippen LogP contribution in [0, 0.1) is 0 Å². The largest absolute Gasteiger partial charge is 0.498 e. The number of carbonyl (C=O) groups excluding carboxylic acids is 1. The van der Waals surface area contributed by atoms with Crippen LogP contribution in [0.2, 0.25) is 0 Å². The molecule has 3 rings (SSSR count). The van der Waals surface area contributed by atoms with E-state index in [4.69, 9.17) is 4.74 Å². The lowest BCUT2D eigenvalue weighted by molar-refractivity contribution is -0.119. The SMILES string of the molecule is CSCCC(NC(=O)C1=C(C)OCCC1)c1nc2ccccc2[nH]1. The zero-order valence-corrected chi connectivity index (χ0v) is 14.9. The first-order valence-corrected chi connectivity index (χ1v) is 9.65. The number of thioether (sulfide) groups is 1. The summed E-state index contributed by atoms with van der Waals surface area (Å²) in [5.41, 5.74) is 2.67. The number of H-pyrrole nitrogens is 1. The summed E-state index contributed by atoms with van der Waals surface area (Å²) in [4.78, 5) is 20.7. The Kier molecular flexibility index (Phi) is 5.45. The Morgan fingerprint density at radius 3 is 3.04 bits per heavy atom. The first-order valence-electron chi connectivity index (χ1n) is 8.26. The second-order valence-electron chi connectivity index (χ2n) is 5.93. The zero-order valence-electron chi connectivity index (χ0n) is 14.1. The summed E-state index contributed by atoms with van der Waals surface area (Å²) in [7, 11) is 0. The number of ether oxygens (including phenoxy) is 1. The molecule has 1 aromatic carbocycles. The van der Waals surface area contributed by atoms with E-state index in [1.54, 1.807) is 11.8 Å². The molecule has 2 heterocycles. The quantitative estimate of drug-likeness (QED) is 0.840. The molecule has 1 aliphatic rings. The van der Waals surface area contributed by atoms with Crippen LogP contribution < -0.4 is 5.32 Å². The zero-order chi connectivity index (χ0) is 16.9. The summed E-state index contributed by atoms with van der Waals surface area (Å²) in [6, 6.07) is 7.80. The number of imidazole rings is 1. The van der Waals surface area contributed by atoms with Gasteiger partial charge in [-0.3, -0.25) is 4.79 Å². The molecule has 128 valence electrons. The number of fused-ring (bicyclic) bond motifs is 1. The highest BCUT2D eigenvalue weighted by atomic mass is 32.2. The lowest BCUT2D eigenvalue weighted by Crippen LogP contribution is -2.32. The Bertz CT molecular complexity index is 721. The molecule has 1 amide bonds. The Labute approximate surface area is 146 Å². The molecule has 1 aliphatic heterocycles. The maximum atomic E-state index is 12.7. The molecule has 1 atom stereocenters. The minimum atomic E-state index is -0.125. The van der Waals surface area contributed by atoms with Crippen LogP contribution in [0.15, 0.2) is 35.6 Å². The highest BCUT2D eigenvalue weighted by Crippen LogP contribution is 2.23. The molecular formula is C18H23N3O2S. The van der Waals surface area contributed by atoms with E-state index in [2.05, 4.69) is 21.5 Å². The third-order valence-electron chi connectivity index (χ3n) is 4.24. The van der Waals surface area contributed by atoms with E-state index >= 15 is 0 Å². The van der Waals surface area contributed by atoms with Gasteiger partial charge in [-0.15, -0.1) is 0 Å². The van der Waals surface area contributed by atoms with E-state index in [9.17, 15) is 4.79 Å². The van der Waals surface area contributed by atoms with Gasteiger partial charge in [-0.1, -0.05) is 12.1 Å². The highest BCUT2D eigenvalue weighted by Gasteiger charge is 2.23. The first kappa shape index (κ1) is 16.9. The van der Waals surface area contributed by atoms with Crippen molar-refractivity contribution >= 4 is 28.7 Å². The van der Waals surface area contributed by atoms with Gasteiger partial charge in [-0.25, -0.2) is 4.98 Å². The Hall–Kier alpha value is -1.95. The number of aromatic nitrogens is 2. The van der Waals surface area contributed by atoms with Crippen molar-refractivity contribution in [3.8, 4) is 0 Å². The molecule has 1 aromatic heterocycles. The Balaban J connectivity index is 1.82. The molecule has 0 spiro atoms. The van der Waals surface area contributed by atoms with Gasteiger partial charge >= 0.3 is 0 Å². The van der Waals surface area contributed by atoms with Gasteiger partial charge in [0.15, 0.2) is 0 Å². The lowest BCUT2D eigenvalue weighted by Gasteiger charge is -2.21. The summed E-state index contributed by atoms with van der Waals surface area (Å²) >= 11 is 1.77. The lowest BCUT2D eigenvalue weighted by atomic mass is 10.1. The molecule has 2 aromatic rings. The maximum Gasteiger partial charge on any atom is 0.251 e. The van der Waals surface area contributed by atoms with Crippen molar-refractivity contribution in [3.05, 3.63) is 41.4 Å². The smallest absolute Gasteiger partial charge is 0.251 e. The van der Waals surface area contributed by atoms with Gasteiger partial charge < -0.3 is 15.0 Å². The number of amides is 1. The number of rotatable bonds is 6. The molecule has 2 N–H and O–H groups in total. The van der Waals surface area contributed by atoms with Gasteiger partial charge in [0.1, 0.15) is 11.6 Å². The highest BCUT2D eigenvalue weighted by molar-refractivity contribution is 7.98. The van der Waals surface area contributed by atoms with Gasteiger partial charge in [0.2, 0.25) is 0 Å². The number of para-hydroxylation sites is 2. The van der Waals surface area contributed by atoms with Gasteiger partial charge in [-0.05, 0) is 50.3 Å². The van der Waals surface area contributed by atoms with Crippen LogP contribution in [-0.4, -0.2) is 34.5 Å². The average molecular weight is 345 g/mol. The molecule has 6 heteroatoms. The van der Waals surface area contributed by atoms with Crippen molar-refractivity contribution in [2.45, 2.75) is 32.2 Å². The number of benzene rings is 1. The molecule has 0 fully saturated rings. The molecule has 0 saturated carbocycles. The Morgan fingerprint density at radius 2 is 2.29 bits per heavy atom. The predicted octanol–water partition coefficient (Wildman–Crippen LogP) is 3.56. The monoisotopic (exact) mass is 345 g/mol. The fourth-order valence-corrected chi connectivity index (χ4v) is 3.38. The molecule has 5 nitrogen and oxygen atoms in total. The fourth-order valence-electron chi connectivity index (χ4n) is 2.91. The molecule has 1 unspecified atom stereocenters. The molecule has 0 aliphatic carbocycles. The number of carbonyl (C=O) groups is 1. The second-order valence-corrected chi connectivity index (χ2v) is 6.92. The first-order chi connectivity index (χ1) is 11.7. The topological polar surface area (TPSA) is 67.0 Å². The van der Waals surface area contributed by atoms with Crippen molar-refractivity contribution in [2.24, 2.45) is 0 Å². The van der Waals surface area contributed by atoms with Crippen LogP contribution in [0.1, 0.15) is 38.1 Å². The van der Waals surface area contributed by atoms with Crippen LogP contribution in [-0.2, 0) is 9.53 Å². The van der Waals surface area contributed by atoms with Gasteiger partial charge in [-0.2, -0.15) is 11.8 Å². The van der Waals surface area contributed by atoms with Crippen molar-refractivity contribution < 1.29 is 9.53 Å². The third-order valence-corrected chi connectivity index (χ3v) is 4.89. The van der Waals surface area contributed by atoms with E-state index in [1.807, 2.05) is 31.2 Å². The molecule has 24 heavy (non-hydrogen) atoms. The summed E-state index contributed by atoms with van der Waals surface area (Å²) < 4.78 is 5.52. The molecular weight excluding hydrogens is 322 g/mol. The number of nitrogens with zero attached hydrogens (tertiary/aromatic N) is 1. The van der Waals surface area contributed by atoms with E-state index in [0.29, 0.717) is 6.61 Å².